The number of amides is 3. The second kappa shape index (κ2) is 21.3. The van der Waals surface area contributed by atoms with E-state index in [4.69, 9.17) is 34.2 Å². The zero-order chi connectivity index (χ0) is 40.7. The molecule has 0 radical (unpaired) electrons. The Labute approximate surface area is 336 Å². The number of aliphatic hydroxyl groups is 2. The number of alkyl carbamates (subject to hydrolysis) is 3. The first kappa shape index (κ1) is 42.1. The van der Waals surface area contributed by atoms with Gasteiger partial charge in [-0.15, -0.1) is 0 Å². The lowest BCUT2D eigenvalue weighted by molar-refractivity contribution is -0.267. The number of nitrogens with two attached hydrogens (primary N) is 1. The molecule has 3 amide bonds. The van der Waals surface area contributed by atoms with Crippen LogP contribution >= 0.6 is 0 Å². The summed E-state index contributed by atoms with van der Waals surface area (Å²) in [4.78, 5) is 39.1. The van der Waals surface area contributed by atoms with Crippen molar-refractivity contribution in [3.05, 3.63) is 144 Å². The van der Waals surface area contributed by atoms with Crippen molar-refractivity contribution >= 4 is 18.3 Å². The third-order valence-corrected chi connectivity index (χ3v) is 9.90. The molecule has 4 unspecified atom stereocenters. The normalized spacial score (nSPS) is 25.5. The summed E-state index contributed by atoms with van der Waals surface area (Å²) in [6.45, 7) is 0.100. The fraction of sp³-hybridized carbons (Fsp3) is 0.372. The van der Waals surface area contributed by atoms with Crippen molar-refractivity contribution < 1.29 is 53.0 Å². The van der Waals surface area contributed by atoms with Crippen molar-refractivity contribution in [2.45, 2.75) is 94.2 Å². The van der Waals surface area contributed by atoms with Crippen molar-refractivity contribution in [1.82, 2.24) is 16.0 Å². The molecule has 0 aromatic heterocycles. The van der Waals surface area contributed by atoms with Gasteiger partial charge in [0.2, 0.25) is 0 Å². The Morgan fingerprint density at radius 3 is 1.59 bits per heavy atom. The molecule has 0 bridgehead atoms. The molecule has 15 heteroatoms. The molecule has 15 nitrogen and oxygen atoms in total. The fourth-order valence-electron chi connectivity index (χ4n) is 6.78. The molecule has 0 spiro atoms. The van der Waals surface area contributed by atoms with Crippen LogP contribution in [-0.4, -0.2) is 90.0 Å². The van der Waals surface area contributed by atoms with Crippen molar-refractivity contribution in [3.63, 3.8) is 0 Å². The quantitative estimate of drug-likeness (QED) is 0.0943. The lowest BCUT2D eigenvalue weighted by Crippen LogP contribution is -2.72. The van der Waals surface area contributed by atoms with Crippen LogP contribution in [0.2, 0.25) is 0 Å². The SMILES string of the molecule is N[C@@H]1C(OCc2ccccc2)[C@H](NC(=O)OCc2ccccc2)C(O[C@@H]2O[C@H](CNC(=O)OCc3ccccc3)CCC2NC(=O)OCc2ccccc2)C(O)[C@@H]1O. The largest absolute Gasteiger partial charge is 0.445 e. The lowest BCUT2D eigenvalue weighted by Gasteiger charge is -2.48. The molecule has 58 heavy (non-hydrogen) atoms. The first-order valence-corrected chi connectivity index (χ1v) is 19.2. The molecule has 4 aromatic rings. The van der Waals surface area contributed by atoms with Crippen LogP contribution in [0.1, 0.15) is 35.1 Å². The van der Waals surface area contributed by atoms with Gasteiger partial charge in [0.05, 0.1) is 36.9 Å². The summed E-state index contributed by atoms with van der Waals surface area (Å²) in [7, 11) is 0. The topological polar surface area (TPSA) is 209 Å². The van der Waals surface area contributed by atoms with Gasteiger partial charge in [0.15, 0.2) is 6.29 Å². The number of nitrogens with one attached hydrogen (secondary N) is 3. The molecule has 1 saturated heterocycles. The number of ether oxygens (including phenoxy) is 6. The van der Waals surface area contributed by atoms with Crippen LogP contribution in [-0.2, 0) is 54.8 Å². The number of benzene rings is 4. The molecule has 1 saturated carbocycles. The van der Waals surface area contributed by atoms with Crippen molar-refractivity contribution in [1.29, 1.82) is 0 Å². The van der Waals surface area contributed by atoms with Gasteiger partial charge in [0.1, 0.15) is 38.1 Å². The van der Waals surface area contributed by atoms with Crippen LogP contribution in [0.15, 0.2) is 121 Å². The maximum Gasteiger partial charge on any atom is 0.407 e. The Bertz CT molecular complexity index is 1860. The fourth-order valence-corrected chi connectivity index (χ4v) is 6.78. The van der Waals surface area contributed by atoms with Crippen LogP contribution in [0.25, 0.3) is 0 Å². The summed E-state index contributed by atoms with van der Waals surface area (Å²) in [5.74, 6) is 0. The molecule has 308 valence electrons. The van der Waals surface area contributed by atoms with Crippen molar-refractivity contribution in [3.8, 4) is 0 Å². The van der Waals surface area contributed by atoms with E-state index < -0.39 is 73.2 Å². The van der Waals surface area contributed by atoms with Gasteiger partial charge < -0.3 is 60.3 Å². The highest BCUT2D eigenvalue weighted by Crippen LogP contribution is 2.30. The smallest absolute Gasteiger partial charge is 0.407 e. The van der Waals surface area contributed by atoms with Gasteiger partial charge in [-0.1, -0.05) is 121 Å². The summed E-state index contributed by atoms with van der Waals surface area (Å²) in [6.07, 6.45) is -9.24. The van der Waals surface area contributed by atoms with Crippen LogP contribution in [0.4, 0.5) is 14.4 Å². The van der Waals surface area contributed by atoms with Gasteiger partial charge in [0, 0.05) is 6.54 Å². The highest BCUT2D eigenvalue weighted by molar-refractivity contribution is 5.68. The Kier molecular flexibility index (Phi) is 15.4. The molecule has 1 heterocycles. The van der Waals surface area contributed by atoms with Crippen molar-refractivity contribution in [2.75, 3.05) is 6.54 Å². The molecule has 6 rings (SSSR count). The number of carbonyl (C=O) groups excluding carboxylic acids is 3. The van der Waals surface area contributed by atoms with E-state index >= 15 is 0 Å². The lowest BCUT2D eigenvalue weighted by atomic mass is 9.81. The molecule has 7 N–H and O–H groups in total. The minimum atomic E-state index is -1.66. The highest BCUT2D eigenvalue weighted by Gasteiger charge is 2.52. The first-order chi connectivity index (χ1) is 28.2. The average Bonchev–Trinajstić information content (AvgIpc) is 3.26. The highest BCUT2D eigenvalue weighted by atomic mass is 16.7. The van der Waals surface area contributed by atoms with Gasteiger partial charge in [-0.25, -0.2) is 14.4 Å². The standard InChI is InChI=1S/C43H50N4O11/c44-34-36(48)37(49)39(35(38(34)53-24-28-13-5-1-6-14-28)47-43(52)56-27-31-19-11-4-12-20-31)58-40-33(46-42(51)55-26-30-17-9-3-10-18-30)22-21-32(57-40)23-45-41(50)54-25-29-15-7-2-8-16-29/h1-20,32-40,48-49H,21-27,44H2,(H,45,50)(H,46,51)(H,47,52)/t32-,33?,34-,35-,36+,37?,38?,39?,40-/m0/s1. The van der Waals surface area contributed by atoms with Crippen LogP contribution in [0.5, 0.6) is 0 Å². The van der Waals surface area contributed by atoms with Gasteiger partial charge in [-0.3, -0.25) is 0 Å². The van der Waals surface area contributed by atoms with E-state index in [1.165, 1.54) is 0 Å². The Morgan fingerprint density at radius 1 is 0.603 bits per heavy atom. The second-order valence-corrected chi connectivity index (χ2v) is 14.1. The van der Waals surface area contributed by atoms with Gasteiger partial charge in [-0.2, -0.15) is 0 Å². The predicted molar refractivity (Wildman–Crippen MR) is 210 cm³/mol. The van der Waals surface area contributed by atoms with E-state index in [-0.39, 0.29) is 33.0 Å². The van der Waals surface area contributed by atoms with Gasteiger partial charge in [0.25, 0.3) is 0 Å². The van der Waals surface area contributed by atoms with E-state index in [2.05, 4.69) is 16.0 Å². The zero-order valence-corrected chi connectivity index (χ0v) is 31.8. The van der Waals surface area contributed by atoms with E-state index in [9.17, 15) is 24.6 Å². The zero-order valence-electron chi connectivity index (χ0n) is 31.8. The molecular weight excluding hydrogens is 748 g/mol. The van der Waals surface area contributed by atoms with Crippen LogP contribution in [0.3, 0.4) is 0 Å². The Hall–Kier alpha value is -5.55. The molecular formula is C43H50N4O11. The third-order valence-electron chi connectivity index (χ3n) is 9.90. The summed E-state index contributed by atoms with van der Waals surface area (Å²) >= 11 is 0. The van der Waals surface area contributed by atoms with E-state index in [0.717, 1.165) is 22.3 Å². The maximum atomic E-state index is 13.4. The molecule has 4 aromatic carbocycles. The third kappa shape index (κ3) is 12.2. The van der Waals surface area contributed by atoms with Crippen molar-refractivity contribution in [2.24, 2.45) is 5.73 Å². The molecule has 9 atom stereocenters. The van der Waals surface area contributed by atoms with Gasteiger partial charge in [-0.05, 0) is 35.1 Å². The predicted octanol–water partition coefficient (Wildman–Crippen LogP) is 4.04. The summed E-state index contributed by atoms with van der Waals surface area (Å²) in [5, 5.41) is 31.1. The molecule has 1 aliphatic carbocycles. The molecule has 1 aliphatic heterocycles. The minimum Gasteiger partial charge on any atom is -0.445 e. The Morgan fingerprint density at radius 2 is 1.07 bits per heavy atom. The number of hydrogen-bond donors (Lipinski definition) is 6. The minimum absolute atomic E-state index is 0.00630. The second-order valence-electron chi connectivity index (χ2n) is 14.1. The Balaban J connectivity index is 1.19. The molecule has 2 fully saturated rings. The van der Waals surface area contributed by atoms with E-state index in [1.807, 2.05) is 109 Å². The first-order valence-electron chi connectivity index (χ1n) is 19.2. The monoisotopic (exact) mass is 798 g/mol. The number of hydrogen-bond acceptors (Lipinski definition) is 12. The number of aliphatic hydroxyl groups excluding tert-OH is 2. The molecule has 2 aliphatic rings. The number of rotatable bonds is 15. The maximum absolute atomic E-state index is 13.4. The van der Waals surface area contributed by atoms with Crippen LogP contribution < -0.4 is 21.7 Å². The van der Waals surface area contributed by atoms with Gasteiger partial charge >= 0.3 is 18.3 Å². The summed E-state index contributed by atoms with van der Waals surface area (Å²) in [6, 6.07) is 33.5. The summed E-state index contributed by atoms with van der Waals surface area (Å²) in [5.41, 5.74) is 9.62. The van der Waals surface area contributed by atoms with E-state index in [1.54, 1.807) is 12.1 Å². The number of carbonyl (C=O) groups is 3. The van der Waals surface area contributed by atoms with E-state index in [0.29, 0.717) is 12.8 Å². The summed E-state index contributed by atoms with van der Waals surface area (Å²) < 4.78 is 35.5. The van der Waals surface area contributed by atoms with Crippen LogP contribution in [0, 0.1) is 0 Å². The average molecular weight is 799 g/mol.